The molecule has 28 heavy (non-hydrogen) atoms. The van der Waals surface area contributed by atoms with Crippen LogP contribution in [0.5, 0.6) is 0 Å². The number of aryl methyl sites for hydroxylation is 2. The van der Waals surface area contributed by atoms with Gasteiger partial charge in [0, 0.05) is 38.9 Å². The number of pyridine rings is 1. The molecular weight excluding hydrogens is 352 g/mol. The molecule has 6 nitrogen and oxygen atoms in total. The molecule has 146 valence electrons. The zero-order chi connectivity index (χ0) is 19.7. The Morgan fingerprint density at radius 2 is 2.04 bits per heavy atom. The van der Waals surface area contributed by atoms with Gasteiger partial charge in [0.15, 0.2) is 5.65 Å². The molecule has 0 aliphatic heterocycles. The number of aromatic nitrogens is 3. The zero-order valence-corrected chi connectivity index (χ0v) is 16.7. The summed E-state index contributed by atoms with van der Waals surface area (Å²) in [6.45, 7) is 3.51. The minimum atomic E-state index is 0.00584. The number of benzene rings is 1. The summed E-state index contributed by atoms with van der Waals surface area (Å²) >= 11 is 0. The van der Waals surface area contributed by atoms with Crippen LogP contribution in [0, 0.1) is 6.92 Å². The van der Waals surface area contributed by atoms with Crippen molar-refractivity contribution < 1.29 is 9.53 Å². The van der Waals surface area contributed by atoms with Crippen molar-refractivity contribution in [3.63, 3.8) is 0 Å². The van der Waals surface area contributed by atoms with E-state index in [1.165, 1.54) is 0 Å². The van der Waals surface area contributed by atoms with E-state index >= 15 is 0 Å². The van der Waals surface area contributed by atoms with Gasteiger partial charge in [-0.05, 0) is 31.4 Å². The number of ether oxygens (including phenoxy) is 1. The first-order valence-corrected chi connectivity index (χ1v) is 9.75. The smallest absolute Gasteiger partial charge is 0.255 e. The van der Waals surface area contributed by atoms with Crippen molar-refractivity contribution in [3.05, 3.63) is 58.9 Å². The standard InChI is InChI=1S/C22H26N4O2/c1-15-20-18(13-19(17-9-10-17)23-21(20)25(2)24-15)22(27)26(11-12-28-3)14-16-7-5-4-6-8-16/h4-8,13,17H,9-12,14H2,1-3H3. The molecule has 2 aromatic heterocycles. The normalized spacial score (nSPS) is 13.8. The van der Waals surface area contributed by atoms with Crippen molar-refractivity contribution >= 4 is 16.9 Å². The molecule has 0 N–H and O–H groups in total. The van der Waals surface area contributed by atoms with Gasteiger partial charge in [-0.1, -0.05) is 30.3 Å². The monoisotopic (exact) mass is 378 g/mol. The third-order valence-corrected chi connectivity index (χ3v) is 5.28. The molecule has 1 aromatic carbocycles. The first-order valence-electron chi connectivity index (χ1n) is 9.75. The Bertz CT molecular complexity index is 993. The number of methoxy groups -OCH3 is 1. The molecule has 0 spiro atoms. The molecule has 1 fully saturated rings. The van der Waals surface area contributed by atoms with Gasteiger partial charge in [0.05, 0.1) is 23.3 Å². The number of fused-ring (bicyclic) bond motifs is 1. The van der Waals surface area contributed by atoms with Crippen LogP contribution in [0.1, 0.15) is 46.1 Å². The van der Waals surface area contributed by atoms with Crippen LogP contribution in [0.2, 0.25) is 0 Å². The molecule has 0 atom stereocenters. The van der Waals surface area contributed by atoms with E-state index in [2.05, 4.69) is 5.10 Å². The lowest BCUT2D eigenvalue weighted by Crippen LogP contribution is -2.33. The third-order valence-electron chi connectivity index (χ3n) is 5.28. The molecule has 1 aliphatic rings. The first kappa shape index (κ1) is 18.6. The lowest BCUT2D eigenvalue weighted by molar-refractivity contribution is 0.0682. The van der Waals surface area contributed by atoms with E-state index in [9.17, 15) is 4.79 Å². The Kier molecular flexibility index (Phi) is 5.13. The Morgan fingerprint density at radius 1 is 1.29 bits per heavy atom. The molecule has 1 aliphatic carbocycles. The average molecular weight is 378 g/mol. The lowest BCUT2D eigenvalue weighted by atomic mass is 10.1. The van der Waals surface area contributed by atoms with Crippen molar-refractivity contribution in [2.24, 2.45) is 7.05 Å². The van der Waals surface area contributed by atoms with Crippen molar-refractivity contribution in [2.45, 2.75) is 32.2 Å². The maximum atomic E-state index is 13.6. The molecule has 2 heterocycles. The highest BCUT2D eigenvalue weighted by atomic mass is 16.5. The molecule has 3 aromatic rings. The van der Waals surface area contributed by atoms with Crippen LogP contribution in [-0.4, -0.2) is 45.8 Å². The summed E-state index contributed by atoms with van der Waals surface area (Å²) < 4.78 is 7.04. The molecule has 0 unspecified atom stereocenters. The van der Waals surface area contributed by atoms with Gasteiger partial charge >= 0.3 is 0 Å². The van der Waals surface area contributed by atoms with Gasteiger partial charge in [-0.15, -0.1) is 0 Å². The van der Waals surface area contributed by atoms with Crippen LogP contribution in [0.3, 0.4) is 0 Å². The third kappa shape index (κ3) is 3.64. The highest BCUT2D eigenvalue weighted by Crippen LogP contribution is 2.40. The maximum absolute atomic E-state index is 13.6. The fraction of sp³-hybridized carbons (Fsp3) is 0.409. The van der Waals surface area contributed by atoms with E-state index in [0.717, 1.165) is 40.8 Å². The second-order valence-corrected chi connectivity index (χ2v) is 7.48. The minimum absolute atomic E-state index is 0.00584. The molecule has 1 amide bonds. The van der Waals surface area contributed by atoms with E-state index in [0.29, 0.717) is 31.2 Å². The van der Waals surface area contributed by atoms with E-state index in [1.54, 1.807) is 11.8 Å². The quantitative estimate of drug-likeness (QED) is 0.632. The maximum Gasteiger partial charge on any atom is 0.255 e. The summed E-state index contributed by atoms with van der Waals surface area (Å²) in [5, 5.41) is 5.37. The SMILES string of the molecule is COCCN(Cc1ccccc1)C(=O)c1cc(C2CC2)nc2c1c(C)nn2C. The Morgan fingerprint density at radius 3 is 2.71 bits per heavy atom. The van der Waals surface area contributed by atoms with Crippen LogP contribution in [0.4, 0.5) is 0 Å². The van der Waals surface area contributed by atoms with Crippen LogP contribution in [-0.2, 0) is 18.3 Å². The number of rotatable bonds is 7. The lowest BCUT2D eigenvalue weighted by Gasteiger charge is -2.23. The molecule has 6 heteroatoms. The van der Waals surface area contributed by atoms with Crippen molar-refractivity contribution in [2.75, 3.05) is 20.3 Å². The molecule has 0 bridgehead atoms. The van der Waals surface area contributed by atoms with Crippen LogP contribution >= 0.6 is 0 Å². The van der Waals surface area contributed by atoms with E-state index in [1.807, 2.05) is 55.3 Å². The second kappa shape index (κ2) is 7.72. The van der Waals surface area contributed by atoms with Gasteiger partial charge in [0.2, 0.25) is 0 Å². The summed E-state index contributed by atoms with van der Waals surface area (Å²) in [6.07, 6.45) is 2.28. The van der Waals surface area contributed by atoms with Crippen molar-refractivity contribution in [1.29, 1.82) is 0 Å². The van der Waals surface area contributed by atoms with Gasteiger partial charge < -0.3 is 9.64 Å². The van der Waals surface area contributed by atoms with Crippen LogP contribution in [0.15, 0.2) is 36.4 Å². The average Bonchev–Trinajstić information content (AvgIpc) is 3.51. The van der Waals surface area contributed by atoms with Gasteiger partial charge in [0.25, 0.3) is 5.91 Å². The van der Waals surface area contributed by atoms with Crippen molar-refractivity contribution in [1.82, 2.24) is 19.7 Å². The summed E-state index contributed by atoms with van der Waals surface area (Å²) in [5.74, 6) is 0.471. The van der Waals surface area contributed by atoms with E-state index < -0.39 is 0 Å². The Hall–Kier alpha value is -2.73. The number of carbonyl (C=O) groups is 1. The molecular formula is C22H26N4O2. The molecule has 0 radical (unpaired) electrons. The fourth-order valence-electron chi connectivity index (χ4n) is 3.65. The number of amides is 1. The number of hydrogen-bond acceptors (Lipinski definition) is 4. The second-order valence-electron chi connectivity index (χ2n) is 7.48. The summed E-state index contributed by atoms with van der Waals surface area (Å²) in [5.41, 5.74) is 4.43. The largest absolute Gasteiger partial charge is 0.383 e. The molecule has 4 rings (SSSR count). The summed E-state index contributed by atoms with van der Waals surface area (Å²) in [4.78, 5) is 20.3. The van der Waals surface area contributed by atoms with Crippen molar-refractivity contribution in [3.8, 4) is 0 Å². The number of carbonyl (C=O) groups excluding carboxylic acids is 1. The van der Waals surface area contributed by atoms with Crippen LogP contribution in [0.25, 0.3) is 11.0 Å². The van der Waals surface area contributed by atoms with Gasteiger partial charge in [-0.2, -0.15) is 5.10 Å². The Balaban J connectivity index is 1.76. The molecule has 0 saturated heterocycles. The predicted octanol–water partition coefficient (Wildman–Crippen LogP) is 3.44. The fourth-order valence-corrected chi connectivity index (χ4v) is 3.65. The highest BCUT2D eigenvalue weighted by Gasteiger charge is 2.29. The predicted molar refractivity (Wildman–Crippen MR) is 108 cm³/mol. The van der Waals surface area contributed by atoms with E-state index in [4.69, 9.17) is 9.72 Å². The van der Waals surface area contributed by atoms with Gasteiger partial charge in [-0.3, -0.25) is 9.48 Å². The molecule has 1 saturated carbocycles. The zero-order valence-electron chi connectivity index (χ0n) is 16.7. The highest BCUT2D eigenvalue weighted by molar-refractivity contribution is 6.06. The Labute approximate surface area is 165 Å². The number of hydrogen-bond donors (Lipinski definition) is 0. The first-order chi connectivity index (χ1) is 13.6. The van der Waals surface area contributed by atoms with Gasteiger partial charge in [0.1, 0.15) is 0 Å². The summed E-state index contributed by atoms with van der Waals surface area (Å²) in [7, 11) is 3.55. The number of nitrogens with zero attached hydrogens (tertiary/aromatic N) is 4. The van der Waals surface area contributed by atoms with Gasteiger partial charge in [-0.25, -0.2) is 4.98 Å². The summed E-state index contributed by atoms with van der Waals surface area (Å²) in [6, 6.07) is 12.0. The minimum Gasteiger partial charge on any atom is -0.383 e. The van der Waals surface area contributed by atoms with E-state index in [-0.39, 0.29) is 5.91 Å². The van der Waals surface area contributed by atoms with Crippen LogP contribution < -0.4 is 0 Å². The topological polar surface area (TPSA) is 60.2 Å².